The number of carbonyl (C=O) groups is 1. The second-order valence-corrected chi connectivity index (χ2v) is 9.67. The molecule has 1 aliphatic heterocycles. The molecule has 2 heterocycles. The number of hydrogen-bond acceptors (Lipinski definition) is 6. The van der Waals surface area contributed by atoms with E-state index in [0.717, 1.165) is 21.3 Å². The number of rotatable bonds is 4. The van der Waals surface area contributed by atoms with Crippen LogP contribution in [-0.4, -0.2) is 17.3 Å². The summed E-state index contributed by atoms with van der Waals surface area (Å²) in [6.45, 7) is 0.630. The second kappa shape index (κ2) is 10.9. The third-order valence-corrected chi connectivity index (χ3v) is 7.20. The van der Waals surface area contributed by atoms with Crippen LogP contribution in [0.5, 0.6) is 5.75 Å². The number of alkyl halides is 3. The van der Waals surface area contributed by atoms with Crippen molar-refractivity contribution in [2.24, 2.45) is 0 Å². The number of aromatic hydroxyl groups is 1. The van der Waals surface area contributed by atoms with Crippen molar-refractivity contribution in [3.8, 4) is 5.75 Å². The maximum atomic E-state index is 10.5. The number of carboxylic acid groups (broad SMARTS) is 1. The van der Waals surface area contributed by atoms with Gasteiger partial charge in [0.15, 0.2) is 6.54 Å². The summed E-state index contributed by atoms with van der Waals surface area (Å²) < 4.78 is 35.0. The Kier molecular flexibility index (Phi) is 7.66. The van der Waals surface area contributed by atoms with Crippen LogP contribution >= 0.6 is 23.1 Å². The number of benzene rings is 3. The third-order valence-electron chi connectivity index (χ3n) is 5.04. The number of para-hydroxylation sites is 3. The van der Waals surface area contributed by atoms with Gasteiger partial charge in [-0.3, -0.25) is 0 Å². The SMILES string of the molecule is O=C([O-])C(F)(F)F.Oc1ccccc1C[n+]1c(C=CC=C2Nc3ccccc3S2)sc2ccccc21. The van der Waals surface area contributed by atoms with Crippen LogP contribution in [0.25, 0.3) is 16.3 Å². The number of thiazole rings is 1. The molecule has 2 N–H and O–H groups in total. The zero-order chi connectivity index (χ0) is 25.7. The Bertz CT molecular complexity index is 1440. The second-order valence-electron chi connectivity index (χ2n) is 7.52. The van der Waals surface area contributed by atoms with Gasteiger partial charge in [-0.05, 0) is 36.4 Å². The fraction of sp³-hybridized carbons (Fsp3) is 0.0769. The van der Waals surface area contributed by atoms with E-state index < -0.39 is 12.1 Å². The molecule has 0 unspecified atom stereocenters. The van der Waals surface area contributed by atoms with Crippen LogP contribution < -0.4 is 15.0 Å². The Morgan fingerprint density at radius 1 is 1.03 bits per heavy atom. The van der Waals surface area contributed by atoms with Crippen molar-refractivity contribution in [3.63, 3.8) is 0 Å². The van der Waals surface area contributed by atoms with Gasteiger partial charge in [-0.2, -0.15) is 17.7 Å². The van der Waals surface area contributed by atoms with E-state index in [2.05, 4.69) is 70.6 Å². The number of phenolic OH excluding ortho intramolecular Hbond substituents is 1. The van der Waals surface area contributed by atoms with Gasteiger partial charge in [0.25, 0.3) is 5.01 Å². The number of aromatic nitrogens is 1. The molecule has 10 heteroatoms. The van der Waals surface area contributed by atoms with E-state index >= 15 is 0 Å². The molecule has 3 aromatic carbocycles. The summed E-state index contributed by atoms with van der Waals surface area (Å²) in [7, 11) is 0. The first-order chi connectivity index (χ1) is 17.2. The van der Waals surface area contributed by atoms with Gasteiger partial charge in [0.1, 0.15) is 16.4 Å². The first-order valence-electron chi connectivity index (χ1n) is 10.6. The fourth-order valence-electron chi connectivity index (χ4n) is 3.38. The predicted octanol–water partition coefficient (Wildman–Crippen LogP) is 5.31. The van der Waals surface area contributed by atoms with Gasteiger partial charge < -0.3 is 20.3 Å². The van der Waals surface area contributed by atoms with Crippen molar-refractivity contribution in [3.05, 3.63) is 101 Å². The Balaban J connectivity index is 0.000000384. The van der Waals surface area contributed by atoms with Crippen molar-refractivity contribution in [1.29, 1.82) is 0 Å². The summed E-state index contributed by atoms with van der Waals surface area (Å²) in [5, 5.41) is 24.7. The molecule has 184 valence electrons. The number of halogens is 3. The van der Waals surface area contributed by atoms with E-state index in [4.69, 9.17) is 9.90 Å². The Morgan fingerprint density at radius 2 is 1.69 bits per heavy atom. The molecule has 1 aromatic heterocycles. The minimum atomic E-state index is -5.19. The monoisotopic (exact) mass is 528 g/mol. The summed E-state index contributed by atoms with van der Waals surface area (Å²) in [6, 6.07) is 24.3. The fourth-order valence-corrected chi connectivity index (χ4v) is 5.38. The molecular formula is C26H19F3N2O3S2. The lowest BCUT2D eigenvalue weighted by Gasteiger charge is -2.03. The molecule has 4 aromatic rings. The van der Waals surface area contributed by atoms with Crippen LogP contribution in [0, 0.1) is 0 Å². The number of nitrogens with zero attached hydrogens (tertiary/aromatic N) is 1. The number of phenols is 1. The highest BCUT2D eigenvalue weighted by atomic mass is 32.2. The Morgan fingerprint density at radius 3 is 2.42 bits per heavy atom. The van der Waals surface area contributed by atoms with Crippen LogP contribution in [0.1, 0.15) is 10.6 Å². The largest absolute Gasteiger partial charge is 0.542 e. The lowest BCUT2D eigenvalue weighted by molar-refractivity contribution is -0.659. The molecule has 0 bridgehead atoms. The van der Waals surface area contributed by atoms with Crippen LogP contribution in [0.3, 0.4) is 0 Å². The molecule has 0 atom stereocenters. The molecule has 0 saturated carbocycles. The van der Waals surface area contributed by atoms with Gasteiger partial charge in [0, 0.05) is 17.0 Å². The van der Waals surface area contributed by atoms with E-state index in [9.17, 15) is 18.3 Å². The van der Waals surface area contributed by atoms with Crippen LogP contribution in [0.2, 0.25) is 0 Å². The first-order valence-corrected chi connectivity index (χ1v) is 12.2. The van der Waals surface area contributed by atoms with Crippen molar-refractivity contribution in [2.75, 3.05) is 5.32 Å². The number of anilines is 1. The number of hydrogen-bond donors (Lipinski definition) is 2. The highest BCUT2D eigenvalue weighted by Crippen LogP contribution is 2.40. The van der Waals surface area contributed by atoms with E-state index in [0.29, 0.717) is 12.3 Å². The lowest BCUT2D eigenvalue weighted by atomic mass is 10.2. The number of carboxylic acids is 1. The quantitative estimate of drug-likeness (QED) is 0.351. The number of carbonyl (C=O) groups excluding carboxylic acids is 1. The van der Waals surface area contributed by atoms with E-state index in [1.807, 2.05) is 24.3 Å². The Hall–Kier alpha value is -3.76. The van der Waals surface area contributed by atoms with Crippen molar-refractivity contribution >= 4 is 51.0 Å². The molecule has 1 aliphatic rings. The molecule has 0 spiro atoms. The maximum absolute atomic E-state index is 10.5. The van der Waals surface area contributed by atoms with Gasteiger partial charge >= 0.3 is 6.18 Å². The van der Waals surface area contributed by atoms with Crippen molar-refractivity contribution in [1.82, 2.24) is 0 Å². The molecule has 0 radical (unpaired) electrons. The topological polar surface area (TPSA) is 76.3 Å². The molecule has 0 aliphatic carbocycles. The zero-order valence-electron chi connectivity index (χ0n) is 18.5. The summed E-state index contributed by atoms with van der Waals surface area (Å²) in [6.07, 6.45) is 1.15. The Labute approximate surface area is 212 Å². The normalized spacial score (nSPS) is 13.9. The standard InChI is InChI=1S/C24H18N2OS2.C2HF3O2/c27-20-11-4-1-8-17(20)16-26-19-10-3-6-13-22(19)29-24(26)15-7-14-23-25-18-9-2-5-12-21(18)28-23;3-2(4,5)1(6)7/h1-15,27H,16H2;(H,6,7). The number of allylic oxidation sites excluding steroid dienone is 2. The molecule has 5 rings (SSSR count). The van der Waals surface area contributed by atoms with Gasteiger partial charge in [-0.15, -0.1) is 0 Å². The van der Waals surface area contributed by atoms with Gasteiger partial charge in [-0.1, -0.05) is 65.6 Å². The molecule has 5 nitrogen and oxygen atoms in total. The average molecular weight is 529 g/mol. The van der Waals surface area contributed by atoms with Crippen molar-refractivity contribution in [2.45, 2.75) is 17.6 Å². The summed E-state index contributed by atoms with van der Waals surface area (Å²) in [5.74, 6) is -2.68. The molecule has 0 amide bonds. The number of nitrogens with one attached hydrogen (secondary N) is 1. The van der Waals surface area contributed by atoms with Crippen LogP contribution in [-0.2, 0) is 11.3 Å². The minimum absolute atomic E-state index is 0.330. The summed E-state index contributed by atoms with van der Waals surface area (Å²) in [5.41, 5.74) is 3.25. The summed E-state index contributed by atoms with van der Waals surface area (Å²) in [4.78, 5) is 10.0. The minimum Gasteiger partial charge on any atom is -0.542 e. The van der Waals surface area contributed by atoms with E-state index in [1.54, 1.807) is 29.2 Å². The number of aliphatic carboxylic acids is 1. The molecule has 0 saturated heterocycles. The number of thioether (sulfide) groups is 1. The molecule has 36 heavy (non-hydrogen) atoms. The van der Waals surface area contributed by atoms with E-state index in [1.165, 1.54) is 15.1 Å². The first kappa shape index (κ1) is 25.3. The molecular weight excluding hydrogens is 509 g/mol. The van der Waals surface area contributed by atoms with Crippen LogP contribution in [0.4, 0.5) is 18.9 Å². The molecule has 0 fully saturated rings. The maximum Gasteiger partial charge on any atom is 0.430 e. The third kappa shape index (κ3) is 6.07. The number of fused-ring (bicyclic) bond motifs is 2. The van der Waals surface area contributed by atoms with Gasteiger partial charge in [0.2, 0.25) is 5.52 Å². The van der Waals surface area contributed by atoms with Crippen molar-refractivity contribution < 1.29 is 32.7 Å². The lowest BCUT2D eigenvalue weighted by Crippen LogP contribution is -2.37. The highest BCUT2D eigenvalue weighted by Gasteiger charge is 2.28. The summed E-state index contributed by atoms with van der Waals surface area (Å²) >= 11 is 3.50. The highest BCUT2D eigenvalue weighted by molar-refractivity contribution is 8.03. The van der Waals surface area contributed by atoms with Gasteiger partial charge in [0.05, 0.1) is 16.3 Å². The van der Waals surface area contributed by atoms with Gasteiger partial charge in [-0.25, -0.2) is 0 Å². The zero-order valence-corrected chi connectivity index (χ0v) is 20.2. The predicted molar refractivity (Wildman–Crippen MR) is 133 cm³/mol. The van der Waals surface area contributed by atoms with E-state index in [-0.39, 0.29) is 0 Å². The average Bonchev–Trinajstić information content (AvgIpc) is 3.41. The van der Waals surface area contributed by atoms with Crippen LogP contribution in [0.15, 0.2) is 94.9 Å². The smallest absolute Gasteiger partial charge is 0.430 e.